The van der Waals surface area contributed by atoms with Crippen molar-refractivity contribution in [1.29, 1.82) is 0 Å². The van der Waals surface area contributed by atoms with Crippen LogP contribution in [0, 0.1) is 0 Å². The third-order valence-electron chi connectivity index (χ3n) is 4.05. The van der Waals surface area contributed by atoms with E-state index in [1.54, 1.807) is 14.2 Å². The van der Waals surface area contributed by atoms with Crippen molar-refractivity contribution in [2.24, 2.45) is 0 Å². The summed E-state index contributed by atoms with van der Waals surface area (Å²) in [5, 5.41) is 0. The summed E-state index contributed by atoms with van der Waals surface area (Å²) >= 11 is 0. The summed E-state index contributed by atoms with van der Waals surface area (Å²) in [6, 6.07) is 8.48. The summed E-state index contributed by atoms with van der Waals surface area (Å²) in [6.07, 6.45) is 8.78. The minimum atomic E-state index is 0.588. The van der Waals surface area contributed by atoms with Crippen LogP contribution in [-0.2, 0) is 4.74 Å². The van der Waals surface area contributed by atoms with Gasteiger partial charge in [-0.3, -0.25) is 0 Å². The van der Waals surface area contributed by atoms with Crippen molar-refractivity contribution in [1.82, 2.24) is 0 Å². The van der Waals surface area contributed by atoms with E-state index in [0.29, 0.717) is 5.92 Å². The molecule has 0 radical (unpaired) electrons. The minimum absolute atomic E-state index is 0.588. The second-order valence-electron chi connectivity index (χ2n) is 5.24. The Kier molecular flexibility index (Phi) is 5.28. The first kappa shape index (κ1) is 14.7. The Hall–Kier alpha value is -1.70. The van der Waals surface area contributed by atoms with Crippen molar-refractivity contribution in [3.63, 3.8) is 0 Å². The molecular weight excluding hydrogens is 248 g/mol. The van der Waals surface area contributed by atoms with Crippen LogP contribution in [0.2, 0.25) is 0 Å². The number of rotatable bonds is 6. The molecule has 0 amide bonds. The summed E-state index contributed by atoms with van der Waals surface area (Å²) in [4.78, 5) is 0. The van der Waals surface area contributed by atoms with Crippen molar-refractivity contribution >= 4 is 0 Å². The first-order chi connectivity index (χ1) is 9.76. The fourth-order valence-corrected chi connectivity index (χ4v) is 2.69. The van der Waals surface area contributed by atoms with Gasteiger partial charge in [0.05, 0.1) is 20.0 Å². The lowest BCUT2D eigenvalue weighted by molar-refractivity contribution is 0.275. The second kappa shape index (κ2) is 7.18. The molecule has 0 saturated heterocycles. The van der Waals surface area contributed by atoms with Gasteiger partial charge in [0, 0.05) is 6.42 Å². The van der Waals surface area contributed by atoms with Gasteiger partial charge in [0.25, 0.3) is 0 Å². The average Bonchev–Trinajstić information content (AvgIpc) is 2.53. The molecule has 2 nitrogen and oxygen atoms in total. The minimum Gasteiger partial charge on any atom is -0.501 e. The van der Waals surface area contributed by atoms with Crippen LogP contribution in [0.1, 0.15) is 44.1 Å². The monoisotopic (exact) mass is 272 g/mol. The SMILES string of the molecule is CCC(CC1=CC=C(OC)CC1)c1ccc(OC)cc1. The number of hydrogen-bond donors (Lipinski definition) is 0. The Balaban J connectivity index is 2.05. The van der Waals surface area contributed by atoms with Crippen LogP contribution in [0.15, 0.2) is 47.7 Å². The van der Waals surface area contributed by atoms with Crippen molar-refractivity contribution in [2.75, 3.05) is 14.2 Å². The van der Waals surface area contributed by atoms with E-state index < -0.39 is 0 Å². The Bertz CT molecular complexity index is 483. The molecule has 1 aromatic rings. The van der Waals surface area contributed by atoms with Crippen LogP contribution < -0.4 is 4.74 Å². The van der Waals surface area contributed by atoms with Gasteiger partial charge in [0.2, 0.25) is 0 Å². The molecule has 108 valence electrons. The molecule has 0 saturated carbocycles. The van der Waals surface area contributed by atoms with Crippen molar-refractivity contribution in [3.05, 3.63) is 53.3 Å². The third-order valence-corrected chi connectivity index (χ3v) is 4.05. The maximum absolute atomic E-state index is 5.28. The number of benzene rings is 1. The number of ether oxygens (including phenoxy) is 2. The van der Waals surface area contributed by atoms with Crippen LogP contribution in [-0.4, -0.2) is 14.2 Å². The van der Waals surface area contributed by atoms with Gasteiger partial charge >= 0.3 is 0 Å². The molecule has 0 aromatic heterocycles. The molecule has 2 heteroatoms. The molecule has 0 heterocycles. The van der Waals surface area contributed by atoms with Gasteiger partial charge < -0.3 is 9.47 Å². The summed E-state index contributed by atoms with van der Waals surface area (Å²) in [6.45, 7) is 2.26. The highest BCUT2D eigenvalue weighted by Crippen LogP contribution is 2.32. The molecule has 0 N–H and O–H groups in total. The molecule has 1 aliphatic rings. The Morgan fingerprint density at radius 1 is 1.00 bits per heavy atom. The molecule has 0 bridgehead atoms. The van der Waals surface area contributed by atoms with Crippen LogP contribution >= 0.6 is 0 Å². The van der Waals surface area contributed by atoms with E-state index in [0.717, 1.165) is 37.2 Å². The predicted molar refractivity (Wildman–Crippen MR) is 83.1 cm³/mol. The Labute approximate surface area is 122 Å². The molecule has 0 aliphatic heterocycles. The highest BCUT2D eigenvalue weighted by Gasteiger charge is 2.14. The van der Waals surface area contributed by atoms with E-state index in [2.05, 4.69) is 43.3 Å². The standard InChI is InChI=1S/C18H24O2/c1-4-15(16-7-11-18(20-3)12-8-16)13-14-5-9-17(19-2)10-6-14/h5,7-9,11-12,15H,4,6,10,13H2,1-3H3. The average molecular weight is 272 g/mol. The molecule has 1 aliphatic carbocycles. The lowest BCUT2D eigenvalue weighted by atomic mass is 9.87. The molecule has 1 atom stereocenters. The highest BCUT2D eigenvalue weighted by atomic mass is 16.5. The second-order valence-corrected chi connectivity index (χ2v) is 5.24. The molecule has 20 heavy (non-hydrogen) atoms. The summed E-state index contributed by atoms with van der Waals surface area (Å²) in [5.41, 5.74) is 2.92. The van der Waals surface area contributed by atoms with Gasteiger partial charge in [-0.2, -0.15) is 0 Å². The lowest BCUT2D eigenvalue weighted by Crippen LogP contribution is -2.02. The fraction of sp³-hybridized carbons (Fsp3) is 0.444. The van der Waals surface area contributed by atoms with Crippen molar-refractivity contribution < 1.29 is 9.47 Å². The molecule has 2 rings (SSSR count). The summed E-state index contributed by atoms with van der Waals surface area (Å²) < 4.78 is 10.5. The zero-order valence-electron chi connectivity index (χ0n) is 12.7. The van der Waals surface area contributed by atoms with Crippen LogP contribution in [0.25, 0.3) is 0 Å². The van der Waals surface area contributed by atoms with E-state index in [1.165, 1.54) is 11.1 Å². The van der Waals surface area contributed by atoms with E-state index in [4.69, 9.17) is 9.47 Å². The Morgan fingerprint density at radius 3 is 2.25 bits per heavy atom. The Morgan fingerprint density at radius 2 is 1.75 bits per heavy atom. The molecule has 0 fully saturated rings. The zero-order valence-corrected chi connectivity index (χ0v) is 12.7. The third kappa shape index (κ3) is 3.66. The number of hydrogen-bond acceptors (Lipinski definition) is 2. The molecule has 1 unspecified atom stereocenters. The van der Waals surface area contributed by atoms with E-state index in [-0.39, 0.29) is 0 Å². The van der Waals surface area contributed by atoms with Gasteiger partial charge in [0.1, 0.15) is 5.75 Å². The molecule has 1 aromatic carbocycles. The van der Waals surface area contributed by atoms with Gasteiger partial charge in [-0.05, 0) is 49.0 Å². The number of allylic oxidation sites excluding steroid dienone is 4. The van der Waals surface area contributed by atoms with E-state index in [9.17, 15) is 0 Å². The molecular formula is C18H24O2. The maximum Gasteiger partial charge on any atom is 0.118 e. The van der Waals surface area contributed by atoms with Crippen molar-refractivity contribution in [2.45, 2.75) is 38.5 Å². The van der Waals surface area contributed by atoms with Gasteiger partial charge in [-0.1, -0.05) is 30.7 Å². The maximum atomic E-state index is 5.28. The van der Waals surface area contributed by atoms with E-state index >= 15 is 0 Å². The van der Waals surface area contributed by atoms with E-state index in [1.807, 2.05) is 0 Å². The smallest absolute Gasteiger partial charge is 0.118 e. The topological polar surface area (TPSA) is 18.5 Å². The first-order valence-corrected chi connectivity index (χ1v) is 7.33. The molecule has 0 spiro atoms. The largest absolute Gasteiger partial charge is 0.501 e. The van der Waals surface area contributed by atoms with Gasteiger partial charge in [-0.25, -0.2) is 0 Å². The van der Waals surface area contributed by atoms with Gasteiger partial charge in [-0.15, -0.1) is 0 Å². The quantitative estimate of drug-likeness (QED) is 0.738. The van der Waals surface area contributed by atoms with Crippen LogP contribution in [0.4, 0.5) is 0 Å². The normalized spacial score (nSPS) is 16.1. The van der Waals surface area contributed by atoms with Gasteiger partial charge in [0.15, 0.2) is 0 Å². The number of methoxy groups -OCH3 is 2. The predicted octanol–water partition coefficient (Wildman–Crippen LogP) is 4.83. The van der Waals surface area contributed by atoms with Crippen LogP contribution in [0.5, 0.6) is 5.75 Å². The highest BCUT2D eigenvalue weighted by molar-refractivity contribution is 5.31. The first-order valence-electron chi connectivity index (χ1n) is 7.33. The zero-order chi connectivity index (χ0) is 14.4. The fourth-order valence-electron chi connectivity index (χ4n) is 2.69. The summed E-state index contributed by atoms with van der Waals surface area (Å²) in [7, 11) is 3.45. The summed E-state index contributed by atoms with van der Waals surface area (Å²) in [5.74, 6) is 2.60. The lowest BCUT2D eigenvalue weighted by Gasteiger charge is -2.20. The van der Waals surface area contributed by atoms with Crippen molar-refractivity contribution in [3.8, 4) is 5.75 Å². The van der Waals surface area contributed by atoms with Crippen LogP contribution in [0.3, 0.4) is 0 Å².